The zero-order chi connectivity index (χ0) is 14.8. The van der Waals surface area contributed by atoms with Gasteiger partial charge in [0.1, 0.15) is 4.90 Å². The fourth-order valence-electron chi connectivity index (χ4n) is 2.69. The lowest BCUT2D eigenvalue weighted by atomic mass is 10.2. The lowest BCUT2D eigenvalue weighted by Crippen LogP contribution is -2.41. The second kappa shape index (κ2) is 6.07. The van der Waals surface area contributed by atoms with E-state index < -0.39 is 10.0 Å². The van der Waals surface area contributed by atoms with E-state index in [0.29, 0.717) is 6.54 Å². The van der Waals surface area contributed by atoms with Crippen molar-refractivity contribution in [1.29, 1.82) is 0 Å². The van der Waals surface area contributed by atoms with Crippen LogP contribution in [0.5, 0.6) is 0 Å². The van der Waals surface area contributed by atoms with Gasteiger partial charge in [-0.3, -0.25) is 9.88 Å². The number of aromatic nitrogens is 1. The topological polar surface area (TPSA) is 79.5 Å². The number of nitrogen functional groups attached to an aromatic ring is 1. The van der Waals surface area contributed by atoms with Gasteiger partial charge >= 0.3 is 0 Å². The van der Waals surface area contributed by atoms with E-state index in [4.69, 9.17) is 5.73 Å². The summed E-state index contributed by atoms with van der Waals surface area (Å²) in [6.45, 7) is 4.59. The van der Waals surface area contributed by atoms with Gasteiger partial charge < -0.3 is 5.73 Å². The molecular formula is C13H22N4O2S. The molecule has 2 N–H and O–H groups in total. The Labute approximate surface area is 120 Å². The Morgan fingerprint density at radius 1 is 1.55 bits per heavy atom. The Hall–Kier alpha value is -1.18. The number of likely N-dealkylation sites (N-methyl/N-ethyl adjacent to an activating group) is 2. The summed E-state index contributed by atoms with van der Waals surface area (Å²) >= 11 is 0. The number of hydrogen-bond donors (Lipinski definition) is 1. The zero-order valence-corrected chi connectivity index (χ0v) is 12.8. The molecule has 0 aliphatic carbocycles. The number of nitrogens with zero attached hydrogens (tertiary/aromatic N) is 3. The minimum atomic E-state index is -3.57. The molecule has 2 heterocycles. The molecule has 2 rings (SSSR count). The Bertz CT molecular complexity index is 561. The summed E-state index contributed by atoms with van der Waals surface area (Å²) in [5.74, 6) is 0. The van der Waals surface area contributed by atoms with Crippen molar-refractivity contribution >= 4 is 15.7 Å². The molecule has 6 nitrogen and oxygen atoms in total. The van der Waals surface area contributed by atoms with Crippen molar-refractivity contribution in [1.82, 2.24) is 14.2 Å². The molecule has 0 spiro atoms. The van der Waals surface area contributed by atoms with E-state index in [1.807, 2.05) is 0 Å². The van der Waals surface area contributed by atoms with Crippen LogP contribution < -0.4 is 5.73 Å². The first-order valence-electron chi connectivity index (χ1n) is 6.86. The summed E-state index contributed by atoms with van der Waals surface area (Å²) in [6, 6.07) is 1.80. The maximum atomic E-state index is 12.5. The molecule has 7 heteroatoms. The summed E-state index contributed by atoms with van der Waals surface area (Å²) in [5, 5.41) is 0. The molecule has 0 saturated carbocycles. The summed E-state index contributed by atoms with van der Waals surface area (Å²) in [5.41, 5.74) is 5.99. The van der Waals surface area contributed by atoms with Gasteiger partial charge in [-0.1, -0.05) is 6.92 Å². The Morgan fingerprint density at radius 2 is 2.30 bits per heavy atom. The molecular weight excluding hydrogens is 276 g/mol. The lowest BCUT2D eigenvalue weighted by Gasteiger charge is -2.27. The van der Waals surface area contributed by atoms with Crippen molar-refractivity contribution in [3.8, 4) is 0 Å². The second-order valence-electron chi connectivity index (χ2n) is 5.12. The number of hydrogen-bond acceptors (Lipinski definition) is 5. The third-order valence-corrected chi connectivity index (χ3v) is 5.74. The van der Waals surface area contributed by atoms with Crippen LogP contribution in [0, 0.1) is 0 Å². The maximum absolute atomic E-state index is 12.5. The molecule has 1 aromatic heterocycles. The van der Waals surface area contributed by atoms with Crippen molar-refractivity contribution in [2.45, 2.75) is 30.7 Å². The number of anilines is 1. The first-order chi connectivity index (χ1) is 9.46. The Balaban J connectivity index is 2.16. The molecule has 0 bridgehead atoms. The van der Waals surface area contributed by atoms with Gasteiger partial charge in [-0.25, -0.2) is 8.42 Å². The number of likely N-dealkylation sites (tertiary alicyclic amines) is 1. The van der Waals surface area contributed by atoms with Crippen LogP contribution in [0.2, 0.25) is 0 Å². The van der Waals surface area contributed by atoms with Crippen LogP contribution in [0.4, 0.5) is 5.69 Å². The maximum Gasteiger partial charge on any atom is 0.246 e. The molecule has 1 aromatic rings. The third-order valence-electron chi connectivity index (χ3n) is 3.88. The van der Waals surface area contributed by atoms with Crippen molar-refractivity contribution < 1.29 is 8.42 Å². The van der Waals surface area contributed by atoms with Gasteiger partial charge in [0.05, 0.1) is 5.69 Å². The van der Waals surface area contributed by atoms with Gasteiger partial charge in [0.25, 0.3) is 0 Å². The summed E-state index contributed by atoms with van der Waals surface area (Å²) < 4.78 is 26.4. The van der Waals surface area contributed by atoms with Crippen LogP contribution in [0.25, 0.3) is 0 Å². The van der Waals surface area contributed by atoms with E-state index in [1.54, 1.807) is 7.05 Å². The van der Waals surface area contributed by atoms with Crippen molar-refractivity contribution in [3.63, 3.8) is 0 Å². The predicted octanol–water partition coefficient (Wildman–Crippen LogP) is 0.769. The highest BCUT2D eigenvalue weighted by atomic mass is 32.2. The molecule has 1 atom stereocenters. The molecule has 0 amide bonds. The number of pyridine rings is 1. The molecule has 0 radical (unpaired) electrons. The van der Waals surface area contributed by atoms with E-state index in [1.165, 1.54) is 22.8 Å². The number of sulfonamides is 1. The third kappa shape index (κ3) is 2.94. The SMILES string of the molecule is CCN1CCCC1CN(C)S(=O)(=O)c1cnccc1N. The Morgan fingerprint density at radius 3 is 2.95 bits per heavy atom. The van der Waals surface area contributed by atoms with Gasteiger partial charge in [-0.05, 0) is 32.0 Å². The van der Waals surface area contributed by atoms with E-state index in [0.717, 1.165) is 25.9 Å². The van der Waals surface area contributed by atoms with Crippen LogP contribution in [-0.4, -0.2) is 55.3 Å². The minimum absolute atomic E-state index is 0.0866. The molecule has 1 saturated heterocycles. The van der Waals surface area contributed by atoms with Crippen LogP contribution in [-0.2, 0) is 10.0 Å². The summed E-state index contributed by atoms with van der Waals surface area (Å²) in [6.07, 6.45) is 4.97. The fraction of sp³-hybridized carbons (Fsp3) is 0.615. The minimum Gasteiger partial charge on any atom is -0.398 e. The lowest BCUT2D eigenvalue weighted by molar-refractivity contribution is 0.237. The summed E-state index contributed by atoms with van der Waals surface area (Å²) in [7, 11) is -1.96. The molecule has 1 aliphatic rings. The largest absolute Gasteiger partial charge is 0.398 e. The van der Waals surface area contributed by atoms with E-state index >= 15 is 0 Å². The van der Waals surface area contributed by atoms with Crippen molar-refractivity contribution in [3.05, 3.63) is 18.5 Å². The molecule has 1 unspecified atom stereocenters. The van der Waals surface area contributed by atoms with E-state index in [9.17, 15) is 8.42 Å². The van der Waals surface area contributed by atoms with Gasteiger partial charge in [0.2, 0.25) is 10.0 Å². The Kier molecular flexibility index (Phi) is 4.62. The van der Waals surface area contributed by atoms with Crippen molar-refractivity contribution in [2.75, 3.05) is 32.4 Å². The smallest absolute Gasteiger partial charge is 0.246 e. The number of rotatable bonds is 5. The molecule has 20 heavy (non-hydrogen) atoms. The quantitative estimate of drug-likeness (QED) is 0.868. The first-order valence-corrected chi connectivity index (χ1v) is 8.30. The van der Waals surface area contributed by atoms with Crippen molar-refractivity contribution in [2.24, 2.45) is 0 Å². The highest BCUT2D eigenvalue weighted by molar-refractivity contribution is 7.89. The first kappa shape index (κ1) is 15.2. The fourth-order valence-corrected chi connectivity index (χ4v) is 3.95. The highest BCUT2D eigenvalue weighted by Gasteiger charge is 2.30. The van der Waals surface area contributed by atoms with E-state index in [-0.39, 0.29) is 16.6 Å². The van der Waals surface area contributed by atoms with Crippen LogP contribution in [0.1, 0.15) is 19.8 Å². The second-order valence-corrected chi connectivity index (χ2v) is 7.14. The predicted molar refractivity (Wildman–Crippen MR) is 78.7 cm³/mol. The standard InChI is InChI=1S/C13H22N4O2S/c1-3-17-8-4-5-11(17)10-16(2)20(18,19)13-9-15-7-6-12(13)14/h6-7,9,11H,3-5,8,10H2,1-2H3,(H2,14,15). The normalized spacial score (nSPS) is 20.6. The van der Waals surface area contributed by atoms with Crippen LogP contribution >= 0.6 is 0 Å². The summed E-state index contributed by atoms with van der Waals surface area (Å²) in [4.78, 5) is 6.27. The molecule has 1 fully saturated rings. The van der Waals surface area contributed by atoms with Crippen LogP contribution in [0.3, 0.4) is 0 Å². The van der Waals surface area contributed by atoms with Gasteiger partial charge in [-0.15, -0.1) is 0 Å². The molecule has 0 aromatic carbocycles. The monoisotopic (exact) mass is 298 g/mol. The van der Waals surface area contributed by atoms with E-state index in [2.05, 4.69) is 16.8 Å². The van der Waals surface area contributed by atoms with Gasteiger partial charge in [-0.2, -0.15) is 4.31 Å². The number of nitrogens with two attached hydrogens (primary N) is 1. The van der Waals surface area contributed by atoms with Gasteiger partial charge in [0, 0.05) is 32.0 Å². The van der Waals surface area contributed by atoms with Gasteiger partial charge in [0.15, 0.2) is 0 Å². The highest BCUT2D eigenvalue weighted by Crippen LogP contribution is 2.23. The average Bonchev–Trinajstić information content (AvgIpc) is 2.86. The zero-order valence-electron chi connectivity index (χ0n) is 12.0. The molecule has 112 valence electrons. The average molecular weight is 298 g/mol. The van der Waals surface area contributed by atoms with Crippen LogP contribution in [0.15, 0.2) is 23.4 Å². The molecule has 1 aliphatic heterocycles.